The number of methoxy groups -OCH3 is 1. The predicted molar refractivity (Wildman–Crippen MR) is 80.2 cm³/mol. The molecular formula is C14H25K2NO10. The first kappa shape index (κ1) is 38.8. The van der Waals surface area contributed by atoms with Crippen LogP contribution < -0.4 is 119 Å². The van der Waals surface area contributed by atoms with E-state index in [4.69, 9.17) is 26.2 Å². The van der Waals surface area contributed by atoms with Crippen molar-refractivity contribution in [3.63, 3.8) is 0 Å². The quantitative estimate of drug-likeness (QED) is 0.128. The number of aliphatic hydroxyl groups excluding tert-OH is 4. The molecule has 0 rings (SSSR count). The maximum Gasteiger partial charge on any atom is 1.00 e. The summed E-state index contributed by atoms with van der Waals surface area (Å²) >= 11 is 0. The summed E-state index contributed by atoms with van der Waals surface area (Å²) in [7, 11) is 1.31. The van der Waals surface area contributed by atoms with Gasteiger partial charge in [-0.15, -0.1) is 0 Å². The summed E-state index contributed by atoms with van der Waals surface area (Å²) in [6, 6.07) is -1.21. The first-order valence-electron chi connectivity index (χ1n) is 6.89. The fourth-order valence-electron chi connectivity index (χ4n) is 0.775. The van der Waals surface area contributed by atoms with Gasteiger partial charge < -0.3 is 50.7 Å². The number of carboxylic acids is 2. The molecule has 13 heteroatoms. The minimum absolute atomic E-state index is 0. The Hall–Kier alpha value is 1.22. The second-order valence-corrected chi connectivity index (χ2v) is 4.70. The molecule has 0 fully saturated rings. The number of ether oxygens (including phenoxy) is 1. The zero-order valence-corrected chi connectivity index (χ0v) is 22.2. The molecule has 0 saturated heterocycles. The van der Waals surface area contributed by atoms with Gasteiger partial charge >= 0.3 is 109 Å². The first-order chi connectivity index (χ1) is 11.6. The molecule has 0 aromatic heterocycles. The van der Waals surface area contributed by atoms with Crippen molar-refractivity contribution in [2.24, 2.45) is 11.1 Å². The number of rotatable bonds is 9. The number of carboxylic acid groups (broad SMARTS) is 2. The van der Waals surface area contributed by atoms with Crippen LogP contribution in [0.1, 0.15) is 12.8 Å². The van der Waals surface area contributed by atoms with Crippen LogP contribution in [0.25, 0.3) is 0 Å². The molecule has 0 bridgehead atoms. The van der Waals surface area contributed by atoms with E-state index in [9.17, 15) is 24.6 Å². The van der Waals surface area contributed by atoms with Gasteiger partial charge in [0.1, 0.15) is 0 Å². The summed E-state index contributed by atoms with van der Waals surface area (Å²) in [5, 5.41) is 53.6. The second-order valence-electron chi connectivity index (χ2n) is 4.70. The maximum absolute atomic E-state index is 9.86. The number of hydrogen-bond donors (Lipinski definition) is 5. The molecule has 0 saturated carbocycles. The monoisotopic (exact) mass is 445 g/mol. The zero-order valence-electron chi connectivity index (χ0n) is 15.9. The van der Waals surface area contributed by atoms with Gasteiger partial charge in [-0.1, -0.05) is 6.58 Å². The van der Waals surface area contributed by atoms with Gasteiger partial charge in [0.05, 0.1) is 44.9 Å². The fourth-order valence-corrected chi connectivity index (χ4v) is 0.775. The molecule has 0 amide bonds. The Kier molecular flexibility index (Phi) is 36.3. The molecule has 0 heterocycles. The van der Waals surface area contributed by atoms with Crippen LogP contribution in [0.5, 0.6) is 0 Å². The van der Waals surface area contributed by atoms with Crippen LogP contribution in [-0.4, -0.2) is 77.9 Å². The second kappa shape index (κ2) is 25.3. The molecule has 0 aromatic rings. The van der Waals surface area contributed by atoms with Crippen molar-refractivity contribution >= 4 is 17.9 Å². The minimum Gasteiger partial charge on any atom is -0.550 e. The van der Waals surface area contributed by atoms with Gasteiger partial charge in [-0.05, 0) is 12.8 Å². The number of carbonyl (C=O) groups excluding carboxylic acids is 3. The molecule has 0 aliphatic carbocycles. The Morgan fingerprint density at radius 1 is 1.07 bits per heavy atom. The molecule has 148 valence electrons. The van der Waals surface area contributed by atoms with E-state index in [1.807, 2.05) is 0 Å². The molecule has 6 N–H and O–H groups in total. The van der Waals surface area contributed by atoms with Crippen LogP contribution in [-0.2, 0) is 19.1 Å². The van der Waals surface area contributed by atoms with Crippen molar-refractivity contribution in [2.75, 3.05) is 33.5 Å². The SMILES string of the molecule is C=CC(=O)OC.NC(CCC(=O)[O-])C(=O)[O-].OCC(CO)(CO)CO.[K+].[K+]. The Morgan fingerprint density at radius 2 is 1.44 bits per heavy atom. The van der Waals surface area contributed by atoms with E-state index in [-0.39, 0.29) is 116 Å². The van der Waals surface area contributed by atoms with Crippen LogP contribution >= 0.6 is 0 Å². The normalized spacial score (nSPS) is 10.1. The third kappa shape index (κ3) is 25.2. The van der Waals surface area contributed by atoms with Gasteiger partial charge in [0.2, 0.25) is 0 Å². The van der Waals surface area contributed by atoms with E-state index in [1.54, 1.807) is 0 Å². The van der Waals surface area contributed by atoms with Crippen molar-refractivity contribution in [3.05, 3.63) is 12.7 Å². The summed E-state index contributed by atoms with van der Waals surface area (Å²) in [6.07, 6.45) is 0.611. The van der Waals surface area contributed by atoms with E-state index in [1.165, 1.54) is 7.11 Å². The van der Waals surface area contributed by atoms with Crippen molar-refractivity contribution in [1.29, 1.82) is 0 Å². The van der Waals surface area contributed by atoms with E-state index in [0.29, 0.717) is 0 Å². The summed E-state index contributed by atoms with van der Waals surface area (Å²) in [5.41, 5.74) is 3.80. The average molecular weight is 446 g/mol. The molecule has 0 radical (unpaired) electrons. The predicted octanol–water partition coefficient (Wildman–Crippen LogP) is -11.1. The number of aliphatic carboxylic acids is 2. The third-order valence-electron chi connectivity index (χ3n) is 2.67. The van der Waals surface area contributed by atoms with Crippen LogP contribution in [0, 0.1) is 5.41 Å². The Balaban J connectivity index is -0.0000000889. The standard InChI is InChI=1S/C5H9NO4.C5H12O4.C4H6O2.2K/c6-3(5(9)10)1-2-4(7)8;6-1-5(2-7,3-8)4-9;1-3-4(5)6-2;;/h3H,1-2,6H2,(H,7,8)(H,9,10);6-9H,1-4H2;3H,1H2,2H3;;/q;;;2*+1/p-2. The summed E-state index contributed by atoms with van der Waals surface area (Å²) in [6.45, 7) is 1.53. The van der Waals surface area contributed by atoms with Crippen molar-refractivity contribution in [3.8, 4) is 0 Å². The van der Waals surface area contributed by atoms with Crippen molar-refractivity contribution in [1.82, 2.24) is 0 Å². The van der Waals surface area contributed by atoms with Crippen LogP contribution in [0.15, 0.2) is 12.7 Å². The number of carbonyl (C=O) groups is 3. The molecule has 27 heavy (non-hydrogen) atoms. The molecular weight excluding hydrogens is 420 g/mol. The number of esters is 1. The Bertz CT molecular complexity index is 388. The number of aliphatic hydroxyl groups is 4. The third-order valence-corrected chi connectivity index (χ3v) is 2.67. The molecule has 0 spiro atoms. The van der Waals surface area contributed by atoms with E-state index >= 15 is 0 Å². The smallest absolute Gasteiger partial charge is 0.550 e. The minimum atomic E-state index is -1.44. The molecule has 0 aliphatic rings. The number of hydrogen-bond acceptors (Lipinski definition) is 11. The Morgan fingerprint density at radius 3 is 1.56 bits per heavy atom. The van der Waals surface area contributed by atoms with Gasteiger partial charge in [0, 0.05) is 18.1 Å². The van der Waals surface area contributed by atoms with E-state index in [0.717, 1.165) is 6.08 Å². The van der Waals surface area contributed by atoms with Gasteiger partial charge in [-0.25, -0.2) is 4.79 Å². The summed E-state index contributed by atoms with van der Waals surface area (Å²) in [4.78, 5) is 29.4. The van der Waals surface area contributed by atoms with E-state index in [2.05, 4.69) is 11.3 Å². The first-order valence-corrected chi connectivity index (χ1v) is 6.89. The molecule has 0 aliphatic heterocycles. The van der Waals surface area contributed by atoms with Crippen LogP contribution in [0.2, 0.25) is 0 Å². The van der Waals surface area contributed by atoms with Gasteiger partial charge in [-0.3, -0.25) is 0 Å². The Labute approximate surface area is 242 Å². The topological polar surface area (TPSA) is 213 Å². The largest absolute Gasteiger partial charge is 1.00 e. The maximum atomic E-state index is 9.86. The van der Waals surface area contributed by atoms with Gasteiger partial charge in [-0.2, -0.15) is 0 Å². The van der Waals surface area contributed by atoms with Gasteiger partial charge in [0.25, 0.3) is 0 Å². The number of nitrogens with two attached hydrogens (primary N) is 1. The van der Waals surface area contributed by atoms with Crippen molar-refractivity contribution in [2.45, 2.75) is 18.9 Å². The molecule has 0 aromatic carbocycles. The van der Waals surface area contributed by atoms with E-state index < -0.39 is 55.8 Å². The van der Waals surface area contributed by atoms with Crippen LogP contribution in [0.3, 0.4) is 0 Å². The molecule has 1 unspecified atom stereocenters. The van der Waals surface area contributed by atoms with Crippen molar-refractivity contribution < 1.29 is 153 Å². The summed E-state index contributed by atoms with van der Waals surface area (Å²) < 4.78 is 4.14. The molecule has 11 nitrogen and oxygen atoms in total. The van der Waals surface area contributed by atoms with Gasteiger partial charge in [0.15, 0.2) is 0 Å². The van der Waals surface area contributed by atoms with Crippen LogP contribution in [0.4, 0.5) is 0 Å². The average Bonchev–Trinajstić information content (AvgIpc) is 2.62. The zero-order chi connectivity index (χ0) is 20.5. The summed E-state index contributed by atoms with van der Waals surface area (Å²) in [5.74, 6) is -3.15. The molecule has 1 atom stereocenters. The fraction of sp³-hybridized carbons (Fsp3) is 0.643.